The third-order valence-electron chi connectivity index (χ3n) is 7.50. The molecule has 8 rings (SSSR count). The Hall–Kier alpha value is -5.61. The molecule has 0 amide bonds. The van der Waals surface area contributed by atoms with Crippen LogP contribution in [0.4, 0.5) is 0 Å². The van der Waals surface area contributed by atoms with Gasteiger partial charge in [-0.1, -0.05) is 109 Å². The smallest absolute Gasteiger partial charge is 0.227 e. The Morgan fingerprint density at radius 1 is 0.439 bits per heavy atom. The third-order valence-corrected chi connectivity index (χ3v) is 7.50. The van der Waals surface area contributed by atoms with Crippen LogP contribution in [0, 0.1) is 0 Å². The first-order valence-corrected chi connectivity index (χ1v) is 13.6. The number of hydrogen-bond donors (Lipinski definition) is 0. The van der Waals surface area contributed by atoms with Gasteiger partial charge in [0.1, 0.15) is 5.52 Å². The van der Waals surface area contributed by atoms with Gasteiger partial charge in [-0.2, -0.15) is 0 Å². The Morgan fingerprint density at radius 3 is 1.76 bits per heavy atom. The second kappa shape index (κ2) is 9.54. The molecule has 0 unspecified atom stereocenters. The first-order valence-electron chi connectivity index (χ1n) is 13.6. The number of rotatable bonds is 4. The van der Waals surface area contributed by atoms with E-state index in [1.165, 1.54) is 0 Å². The molecule has 0 fully saturated rings. The van der Waals surface area contributed by atoms with Crippen LogP contribution in [-0.4, -0.2) is 15.0 Å². The molecular formula is C37H23N3O. The SMILES string of the molecule is c1ccc(-c2cc(-c3ccc4ccc5ccc6nc(-c7ccccc7)oc6c5c4c3)nc(-c3ccccc3)n2)cc1. The number of nitrogens with zero attached hydrogens (tertiary/aromatic N) is 3. The van der Waals surface area contributed by atoms with Crippen LogP contribution in [0.3, 0.4) is 0 Å². The summed E-state index contributed by atoms with van der Waals surface area (Å²) in [5, 5.41) is 4.39. The van der Waals surface area contributed by atoms with Crippen LogP contribution < -0.4 is 0 Å². The predicted molar refractivity (Wildman–Crippen MR) is 166 cm³/mol. The third kappa shape index (κ3) is 4.14. The van der Waals surface area contributed by atoms with E-state index in [9.17, 15) is 0 Å². The fourth-order valence-electron chi connectivity index (χ4n) is 5.45. The summed E-state index contributed by atoms with van der Waals surface area (Å²) in [7, 11) is 0. The van der Waals surface area contributed by atoms with Gasteiger partial charge in [-0.3, -0.25) is 0 Å². The Morgan fingerprint density at radius 2 is 1.02 bits per heavy atom. The number of benzene rings is 6. The number of hydrogen-bond acceptors (Lipinski definition) is 4. The van der Waals surface area contributed by atoms with Gasteiger partial charge in [-0.15, -0.1) is 0 Å². The lowest BCUT2D eigenvalue weighted by Gasteiger charge is -2.11. The summed E-state index contributed by atoms with van der Waals surface area (Å²) in [6.45, 7) is 0. The van der Waals surface area contributed by atoms with E-state index in [1.807, 2.05) is 84.9 Å². The predicted octanol–water partition coefficient (Wildman–Crippen LogP) is 9.59. The maximum Gasteiger partial charge on any atom is 0.227 e. The summed E-state index contributed by atoms with van der Waals surface area (Å²) >= 11 is 0. The molecule has 0 spiro atoms. The van der Waals surface area contributed by atoms with Gasteiger partial charge in [-0.25, -0.2) is 15.0 Å². The molecule has 4 nitrogen and oxygen atoms in total. The van der Waals surface area contributed by atoms with Crippen molar-refractivity contribution in [2.75, 3.05) is 0 Å². The van der Waals surface area contributed by atoms with Crippen molar-refractivity contribution < 1.29 is 4.42 Å². The minimum Gasteiger partial charge on any atom is -0.435 e. The van der Waals surface area contributed by atoms with Crippen LogP contribution in [0.15, 0.2) is 144 Å². The number of aromatic nitrogens is 3. The van der Waals surface area contributed by atoms with E-state index < -0.39 is 0 Å². The highest BCUT2D eigenvalue weighted by molar-refractivity contribution is 6.18. The van der Waals surface area contributed by atoms with Crippen molar-refractivity contribution in [3.8, 4) is 45.4 Å². The zero-order valence-electron chi connectivity index (χ0n) is 22.0. The Labute approximate surface area is 236 Å². The lowest BCUT2D eigenvalue weighted by atomic mass is 9.97. The number of oxazole rings is 1. The van der Waals surface area contributed by atoms with E-state index in [2.05, 4.69) is 54.6 Å². The minimum absolute atomic E-state index is 0.622. The average Bonchev–Trinajstić information content (AvgIpc) is 3.50. The first kappa shape index (κ1) is 23.3. The molecule has 0 aliphatic heterocycles. The normalized spacial score (nSPS) is 11.4. The molecule has 6 aromatic carbocycles. The van der Waals surface area contributed by atoms with Crippen LogP contribution in [-0.2, 0) is 0 Å². The van der Waals surface area contributed by atoms with Gasteiger partial charge in [0.15, 0.2) is 11.4 Å². The van der Waals surface area contributed by atoms with Crippen LogP contribution in [0.1, 0.15) is 0 Å². The molecule has 0 aliphatic rings. The second-order valence-corrected chi connectivity index (χ2v) is 10.1. The van der Waals surface area contributed by atoms with Gasteiger partial charge in [0, 0.05) is 27.6 Å². The summed E-state index contributed by atoms with van der Waals surface area (Å²) in [4.78, 5) is 14.8. The molecule has 0 bridgehead atoms. The monoisotopic (exact) mass is 525 g/mol. The van der Waals surface area contributed by atoms with Gasteiger partial charge >= 0.3 is 0 Å². The Bertz CT molecular complexity index is 2130. The van der Waals surface area contributed by atoms with E-state index in [-0.39, 0.29) is 0 Å². The van der Waals surface area contributed by atoms with Gasteiger partial charge in [-0.05, 0) is 46.5 Å². The molecule has 0 N–H and O–H groups in total. The molecule has 4 heteroatoms. The molecule has 2 aromatic heterocycles. The van der Waals surface area contributed by atoms with Crippen molar-refractivity contribution in [2.45, 2.75) is 0 Å². The molecule has 0 aliphatic carbocycles. The average molecular weight is 526 g/mol. The van der Waals surface area contributed by atoms with Crippen molar-refractivity contribution in [3.05, 3.63) is 140 Å². The van der Waals surface area contributed by atoms with Gasteiger partial charge in [0.2, 0.25) is 5.89 Å². The molecule has 0 radical (unpaired) electrons. The van der Waals surface area contributed by atoms with Crippen LogP contribution in [0.2, 0.25) is 0 Å². The zero-order chi connectivity index (χ0) is 27.2. The van der Waals surface area contributed by atoms with E-state index in [0.717, 1.165) is 66.3 Å². The highest BCUT2D eigenvalue weighted by Crippen LogP contribution is 2.37. The lowest BCUT2D eigenvalue weighted by Crippen LogP contribution is -1.96. The van der Waals surface area contributed by atoms with Crippen LogP contribution in [0.5, 0.6) is 0 Å². The summed E-state index contributed by atoms with van der Waals surface area (Å²) in [5.41, 5.74) is 7.40. The van der Waals surface area contributed by atoms with E-state index in [1.54, 1.807) is 0 Å². The molecule has 0 atom stereocenters. The van der Waals surface area contributed by atoms with Crippen molar-refractivity contribution in [1.82, 2.24) is 15.0 Å². The highest BCUT2D eigenvalue weighted by Gasteiger charge is 2.15. The summed E-state index contributed by atoms with van der Waals surface area (Å²) in [6.07, 6.45) is 0. The Balaban J connectivity index is 1.36. The number of fused-ring (bicyclic) bond motifs is 5. The first-order chi connectivity index (χ1) is 20.3. The highest BCUT2D eigenvalue weighted by atomic mass is 16.3. The largest absolute Gasteiger partial charge is 0.435 e. The fraction of sp³-hybridized carbons (Fsp3) is 0. The molecule has 2 heterocycles. The van der Waals surface area contributed by atoms with Gasteiger partial charge in [0.05, 0.1) is 11.4 Å². The molecule has 0 saturated heterocycles. The standard InChI is InChI=1S/C37H23N3O/c1-4-10-25(11-5-1)32-23-33(39-36(38-32)27-12-6-2-7-13-27)29-19-17-24-16-18-26-20-21-31-35(34(26)30(24)22-29)41-37(40-31)28-14-8-3-9-15-28/h1-23H. The molecular weight excluding hydrogens is 502 g/mol. The molecule has 0 saturated carbocycles. The summed E-state index contributed by atoms with van der Waals surface area (Å²) < 4.78 is 6.44. The maximum atomic E-state index is 6.44. The molecule has 192 valence electrons. The van der Waals surface area contributed by atoms with E-state index >= 15 is 0 Å². The summed E-state index contributed by atoms with van der Waals surface area (Å²) in [6, 6.07) is 47.5. The Kier molecular flexibility index (Phi) is 5.42. The van der Waals surface area contributed by atoms with Gasteiger partial charge < -0.3 is 4.42 Å². The fourth-order valence-corrected chi connectivity index (χ4v) is 5.45. The van der Waals surface area contributed by atoms with Crippen molar-refractivity contribution >= 4 is 32.6 Å². The van der Waals surface area contributed by atoms with Crippen molar-refractivity contribution in [2.24, 2.45) is 0 Å². The molecule has 8 aromatic rings. The maximum absolute atomic E-state index is 6.44. The van der Waals surface area contributed by atoms with Crippen molar-refractivity contribution in [1.29, 1.82) is 0 Å². The van der Waals surface area contributed by atoms with Gasteiger partial charge in [0.25, 0.3) is 0 Å². The molecule has 41 heavy (non-hydrogen) atoms. The van der Waals surface area contributed by atoms with E-state index in [4.69, 9.17) is 19.4 Å². The van der Waals surface area contributed by atoms with E-state index in [0.29, 0.717) is 11.7 Å². The van der Waals surface area contributed by atoms with Crippen molar-refractivity contribution in [3.63, 3.8) is 0 Å². The second-order valence-electron chi connectivity index (χ2n) is 10.1. The summed E-state index contributed by atoms with van der Waals surface area (Å²) in [5.74, 6) is 1.32. The minimum atomic E-state index is 0.622. The quantitative estimate of drug-likeness (QED) is 0.215. The zero-order valence-corrected chi connectivity index (χ0v) is 22.0. The lowest BCUT2D eigenvalue weighted by molar-refractivity contribution is 0.623. The van der Waals surface area contributed by atoms with Crippen LogP contribution in [0.25, 0.3) is 78.0 Å². The van der Waals surface area contributed by atoms with Crippen LogP contribution >= 0.6 is 0 Å². The topological polar surface area (TPSA) is 51.8 Å².